The van der Waals surface area contributed by atoms with E-state index in [-0.39, 0.29) is 0 Å². The molecule has 0 bridgehead atoms. The quantitative estimate of drug-likeness (QED) is 0.794. The van der Waals surface area contributed by atoms with Gasteiger partial charge in [-0.05, 0) is 12.5 Å². The average molecular weight is 203 g/mol. The first-order valence-electron chi connectivity index (χ1n) is 5.41. The third-order valence-electron chi connectivity index (χ3n) is 2.48. The summed E-state index contributed by atoms with van der Waals surface area (Å²) in [5.74, 6) is 0. The monoisotopic (exact) mass is 203 g/mol. The van der Waals surface area contributed by atoms with Crippen molar-refractivity contribution in [3.05, 3.63) is 42.0 Å². The van der Waals surface area contributed by atoms with Crippen LogP contribution < -0.4 is 5.32 Å². The molecule has 0 spiro atoms. The summed E-state index contributed by atoms with van der Waals surface area (Å²) in [6, 6.07) is 11.1. The van der Waals surface area contributed by atoms with Gasteiger partial charge in [0.1, 0.15) is 0 Å². The van der Waals surface area contributed by atoms with E-state index in [4.69, 9.17) is 4.74 Å². The summed E-state index contributed by atoms with van der Waals surface area (Å²) < 4.78 is 5.47. The summed E-state index contributed by atoms with van der Waals surface area (Å²) in [6.45, 7) is 3.73. The van der Waals surface area contributed by atoms with Crippen LogP contribution in [0.5, 0.6) is 0 Å². The minimum absolute atomic E-state index is 0.342. The van der Waals surface area contributed by atoms with Crippen LogP contribution in [-0.4, -0.2) is 25.3 Å². The molecule has 1 saturated heterocycles. The molecule has 0 aliphatic carbocycles. The van der Waals surface area contributed by atoms with E-state index in [1.165, 1.54) is 5.56 Å². The van der Waals surface area contributed by atoms with Crippen LogP contribution in [0.2, 0.25) is 0 Å². The van der Waals surface area contributed by atoms with Gasteiger partial charge in [0.05, 0.1) is 13.2 Å². The zero-order valence-electron chi connectivity index (χ0n) is 9.02. The third-order valence-corrected chi connectivity index (χ3v) is 2.48. The fraction of sp³-hybridized carbons (Fsp3) is 0.385. The van der Waals surface area contributed by atoms with E-state index in [1.54, 1.807) is 0 Å². The standard InChI is InChI=1S/C13H17NO/c1-11-9-15-10-13(14-11)8-7-12-5-3-2-4-6-12/h2-8,11,13-14H,9-10H2,1H3/b8-7+. The van der Waals surface area contributed by atoms with E-state index in [0.717, 1.165) is 13.2 Å². The SMILES string of the molecule is CC1COCC(/C=C/c2ccccc2)N1. The second kappa shape index (κ2) is 5.10. The Labute approximate surface area is 91.0 Å². The maximum absolute atomic E-state index is 5.47. The zero-order valence-corrected chi connectivity index (χ0v) is 9.02. The van der Waals surface area contributed by atoms with E-state index in [2.05, 4.69) is 36.5 Å². The maximum Gasteiger partial charge on any atom is 0.0656 e. The first kappa shape index (κ1) is 10.4. The van der Waals surface area contributed by atoms with Gasteiger partial charge in [-0.2, -0.15) is 0 Å². The number of benzene rings is 1. The number of rotatable bonds is 2. The first-order valence-corrected chi connectivity index (χ1v) is 5.41. The normalized spacial score (nSPS) is 27.0. The first-order chi connectivity index (χ1) is 7.34. The Morgan fingerprint density at radius 2 is 2.07 bits per heavy atom. The summed E-state index contributed by atoms with van der Waals surface area (Å²) in [6.07, 6.45) is 4.31. The van der Waals surface area contributed by atoms with Gasteiger partial charge in [-0.3, -0.25) is 0 Å². The number of morpholine rings is 1. The van der Waals surface area contributed by atoms with Crippen molar-refractivity contribution in [3.8, 4) is 0 Å². The fourth-order valence-corrected chi connectivity index (χ4v) is 1.74. The minimum Gasteiger partial charge on any atom is -0.378 e. The van der Waals surface area contributed by atoms with Crippen molar-refractivity contribution < 1.29 is 4.74 Å². The Morgan fingerprint density at radius 3 is 2.80 bits per heavy atom. The molecule has 1 heterocycles. The van der Waals surface area contributed by atoms with Crippen LogP contribution in [0.4, 0.5) is 0 Å². The van der Waals surface area contributed by atoms with Crippen molar-refractivity contribution in [2.75, 3.05) is 13.2 Å². The average Bonchev–Trinajstić information content (AvgIpc) is 2.28. The molecule has 1 aromatic rings. The van der Waals surface area contributed by atoms with Crippen molar-refractivity contribution in [2.24, 2.45) is 0 Å². The molecule has 1 aliphatic rings. The van der Waals surface area contributed by atoms with Gasteiger partial charge in [-0.15, -0.1) is 0 Å². The number of hydrogen-bond donors (Lipinski definition) is 1. The summed E-state index contributed by atoms with van der Waals surface area (Å²) in [4.78, 5) is 0. The molecule has 1 N–H and O–H groups in total. The Hall–Kier alpha value is -1.12. The number of ether oxygens (including phenoxy) is 1. The third kappa shape index (κ3) is 3.18. The predicted molar refractivity (Wildman–Crippen MR) is 62.7 cm³/mol. The maximum atomic E-state index is 5.47. The second-order valence-corrected chi connectivity index (χ2v) is 3.98. The highest BCUT2D eigenvalue weighted by Gasteiger charge is 2.14. The number of hydrogen-bond acceptors (Lipinski definition) is 2. The van der Waals surface area contributed by atoms with Crippen molar-refractivity contribution in [2.45, 2.75) is 19.0 Å². The molecule has 0 saturated carbocycles. The summed E-state index contributed by atoms with van der Waals surface area (Å²) >= 11 is 0. The lowest BCUT2D eigenvalue weighted by Gasteiger charge is -2.26. The largest absolute Gasteiger partial charge is 0.378 e. The van der Waals surface area contributed by atoms with Crippen LogP contribution in [0.3, 0.4) is 0 Å². The molecule has 1 aromatic carbocycles. The van der Waals surface area contributed by atoms with E-state index in [1.807, 2.05) is 18.2 Å². The number of nitrogens with one attached hydrogen (secondary N) is 1. The van der Waals surface area contributed by atoms with Crippen LogP contribution in [-0.2, 0) is 4.74 Å². The highest BCUT2D eigenvalue weighted by molar-refractivity contribution is 5.49. The molecular weight excluding hydrogens is 186 g/mol. The molecule has 2 rings (SSSR count). The Kier molecular flexibility index (Phi) is 3.54. The molecule has 2 heteroatoms. The van der Waals surface area contributed by atoms with Crippen molar-refractivity contribution in [3.63, 3.8) is 0 Å². The van der Waals surface area contributed by atoms with E-state index in [0.29, 0.717) is 12.1 Å². The molecule has 80 valence electrons. The Balaban J connectivity index is 1.93. The molecule has 1 aliphatic heterocycles. The van der Waals surface area contributed by atoms with E-state index < -0.39 is 0 Å². The molecule has 2 atom stereocenters. The van der Waals surface area contributed by atoms with Gasteiger partial charge in [0, 0.05) is 12.1 Å². The van der Waals surface area contributed by atoms with Gasteiger partial charge in [0.25, 0.3) is 0 Å². The topological polar surface area (TPSA) is 21.3 Å². The summed E-state index contributed by atoms with van der Waals surface area (Å²) in [5, 5.41) is 3.47. The zero-order chi connectivity index (χ0) is 10.5. The molecule has 2 unspecified atom stereocenters. The summed E-state index contributed by atoms with van der Waals surface area (Å²) in [7, 11) is 0. The predicted octanol–water partition coefficient (Wildman–Crippen LogP) is 2.08. The molecule has 0 radical (unpaired) electrons. The minimum atomic E-state index is 0.342. The Bertz CT molecular complexity index is 321. The van der Waals surface area contributed by atoms with Crippen LogP contribution in [0, 0.1) is 0 Å². The molecule has 1 fully saturated rings. The molecule has 15 heavy (non-hydrogen) atoms. The fourth-order valence-electron chi connectivity index (χ4n) is 1.74. The van der Waals surface area contributed by atoms with E-state index >= 15 is 0 Å². The van der Waals surface area contributed by atoms with Crippen LogP contribution in [0.1, 0.15) is 12.5 Å². The van der Waals surface area contributed by atoms with E-state index in [9.17, 15) is 0 Å². The van der Waals surface area contributed by atoms with Gasteiger partial charge in [0.2, 0.25) is 0 Å². The summed E-state index contributed by atoms with van der Waals surface area (Å²) in [5.41, 5.74) is 1.23. The van der Waals surface area contributed by atoms with Crippen LogP contribution in [0.25, 0.3) is 6.08 Å². The van der Waals surface area contributed by atoms with Crippen molar-refractivity contribution in [1.29, 1.82) is 0 Å². The second-order valence-electron chi connectivity index (χ2n) is 3.98. The lowest BCUT2D eigenvalue weighted by molar-refractivity contribution is 0.0637. The smallest absolute Gasteiger partial charge is 0.0656 e. The Morgan fingerprint density at radius 1 is 1.27 bits per heavy atom. The highest BCUT2D eigenvalue weighted by atomic mass is 16.5. The van der Waals surface area contributed by atoms with Gasteiger partial charge >= 0.3 is 0 Å². The molecule has 0 amide bonds. The van der Waals surface area contributed by atoms with Gasteiger partial charge in [-0.1, -0.05) is 42.5 Å². The van der Waals surface area contributed by atoms with Gasteiger partial charge < -0.3 is 10.1 Å². The van der Waals surface area contributed by atoms with Crippen molar-refractivity contribution >= 4 is 6.08 Å². The molecular formula is C13H17NO. The van der Waals surface area contributed by atoms with Crippen LogP contribution >= 0.6 is 0 Å². The lowest BCUT2D eigenvalue weighted by Crippen LogP contribution is -2.46. The lowest BCUT2D eigenvalue weighted by atomic mass is 10.1. The van der Waals surface area contributed by atoms with Crippen LogP contribution in [0.15, 0.2) is 36.4 Å². The molecule has 2 nitrogen and oxygen atoms in total. The highest BCUT2D eigenvalue weighted by Crippen LogP contribution is 2.05. The van der Waals surface area contributed by atoms with Gasteiger partial charge in [0.15, 0.2) is 0 Å². The molecule has 0 aromatic heterocycles. The van der Waals surface area contributed by atoms with Gasteiger partial charge in [-0.25, -0.2) is 0 Å². The van der Waals surface area contributed by atoms with Crippen molar-refractivity contribution in [1.82, 2.24) is 5.32 Å².